The molecule has 10 heteroatoms. The van der Waals surface area contributed by atoms with Crippen molar-refractivity contribution in [3.63, 3.8) is 0 Å². The third-order valence-corrected chi connectivity index (χ3v) is 8.03. The molecule has 2 aromatic carbocycles. The van der Waals surface area contributed by atoms with Gasteiger partial charge in [-0.15, -0.1) is 0 Å². The van der Waals surface area contributed by atoms with Crippen LogP contribution in [0.2, 0.25) is 0 Å². The molecule has 36 heavy (non-hydrogen) atoms. The minimum Gasteiger partial charge on any atom is -0.328 e. The number of hydrogen-bond donors (Lipinski definition) is 0. The summed E-state index contributed by atoms with van der Waals surface area (Å²) in [6, 6.07) is 11.0. The van der Waals surface area contributed by atoms with E-state index in [1.165, 1.54) is 33.1 Å². The largest absolute Gasteiger partial charge is 0.328 e. The minimum absolute atomic E-state index is 0.129. The summed E-state index contributed by atoms with van der Waals surface area (Å²) in [6.07, 6.45) is 1.42. The van der Waals surface area contributed by atoms with E-state index in [2.05, 4.69) is 5.10 Å². The molecule has 4 rings (SSSR count). The van der Waals surface area contributed by atoms with E-state index in [1.54, 1.807) is 30.7 Å². The molecule has 2 heterocycles. The van der Waals surface area contributed by atoms with Crippen LogP contribution in [0, 0.1) is 18.6 Å². The molecule has 190 valence electrons. The van der Waals surface area contributed by atoms with E-state index in [0.29, 0.717) is 54.1 Å². The highest BCUT2D eigenvalue weighted by molar-refractivity contribution is 7.89. The highest BCUT2D eigenvalue weighted by atomic mass is 32.2. The summed E-state index contributed by atoms with van der Waals surface area (Å²) in [7, 11) is -1.93. The van der Waals surface area contributed by atoms with Crippen molar-refractivity contribution in [2.75, 3.05) is 13.1 Å². The SMILES string of the molecule is CCCN(CCC)S(=O)(=O)c1ccc(-c2cc(=O)n3nc(C)c(-c4ccc(F)cc4F)c3n2C)cc1. The molecule has 4 aromatic rings. The van der Waals surface area contributed by atoms with E-state index in [0.717, 1.165) is 12.1 Å². The van der Waals surface area contributed by atoms with Crippen molar-refractivity contribution in [1.29, 1.82) is 0 Å². The molecule has 0 saturated heterocycles. The number of nitrogens with zero attached hydrogens (tertiary/aromatic N) is 4. The molecule has 0 radical (unpaired) electrons. The Bertz CT molecular complexity index is 1590. The molecule has 7 nitrogen and oxygen atoms in total. The average molecular weight is 515 g/mol. The van der Waals surface area contributed by atoms with E-state index in [4.69, 9.17) is 0 Å². The molecule has 0 amide bonds. The Morgan fingerprint density at radius 3 is 2.19 bits per heavy atom. The van der Waals surface area contributed by atoms with Gasteiger partial charge in [-0.1, -0.05) is 26.0 Å². The summed E-state index contributed by atoms with van der Waals surface area (Å²) in [5, 5.41) is 4.29. The van der Waals surface area contributed by atoms with Crippen molar-refractivity contribution in [3.05, 3.63) is 76.2 Å². The fraction of sp³-hybridized carbons (Fsp3) is 0.308. The van der Waals surface area contributed by atoms with Crippen LogP contribution in [-0.4, -0.2) is 40.0 Å². The number of aryl methyl sites for hydroxylation is 2. The number of benzene rings is 2. The second kappa shape index (κ2) is 9.94. The molecule has 0 aliphatic heterocycles. The second-order valence-corrected chi connectivity index (χ2v) is 10.6. The first-order chi connectivity index (χ1) is 17.1. The minimum atomic E-state index is -3.65. The Hall–Kier alpha value is -3.37. The second-order valence-electron chi connectivity index (χ2n) is 8.68. The fourth-order valence-corrected chi connectivity index (χ4v) is 6.07. The van der Waals surface area contributed by atoms with Gasteiger partial charge < -0.3 is 4.57 Å². The first kappa shape index (κ1) is 25.7. The predicted octanol–water partition coefficient (Wildman–Crippen LogP) is 4.76. The third kappa shape index (κ3) is 4.46. The van der Waals surface area contributed by atoms with Gasteiger partial charge in [-0.2, -0.15) is 13.9 Å². The molecule has 0 fully saturated rings. The van der Waals surface area contributed by atoms with Gasteiger partial charge in [-0.25, -0.2) is 17.2 Å². The first-order valence-electron chi connectivity index (χ1n) is 11.8. The predicted molar refractivity (Wildman–Crippen MR) is 135 cm³/mol. The molecule has 0 aliphatic rings. The van der Waals surface area contributed by atoms with Gasteiger partial charge in [0.2, 0.25) is 10.0 Å². The molecule has 0 unspecified atom stereocenters. The summed E-state index contributed by atoms with van der Waals surface area (Å²) >= 11 is 0. The van der Waals surface area contributed by atoms with Gasteiger partial charge in [0.05, 0.1) is 21.8 Å². The first-order valence-corrected chi connectivity index (χ1v) is 13.2. The van der Waals surface area contributed by atoms with Crippen molar-refractivity contribution in [3.8, 4) is 22.4 Å². The van der Waals surface area contributed by atoms with Crippen LogP contribution in [0.1, 0.15) is 32.4 Å². The van der Waals surface area contributed by atoms with Gasteiger partial charge in [0.25, 0.3) is 5.56 Å². The topological polar surface area (TPSA) is 76.7 Å². The van der Waals surface area contributed by atoms with E-state index in [-0.39, 0.29) is 10.5 Å². The van der Waals surface area contributed by atoms with E-state index >= 15 is 0 Å². The average Bonchev–Trinajstić information content (AvgIpc) is 3.19. The maximum absolute atomic E-state index is 14.7. The molecule has 0 saturated carbocycles. The van der Waals surface area contributed by atoms with Crippen molar-refractivity contribution in [1.82, 2.24) is 18.5 Å². The van der Waals surface area contributed by atoms with Crippen LogP contribution < -0.4 is 5.56 Å². The number of halogens is 2. The number of fused-ring (bicyclic) bond motifs is 1. The zero-order valence-electron chi connectivity index (χ0n) is 20.6. The molecular formula is C26H28F2N4O3S. The van der Waals surface area contributed by atoms with Crippen molar-refractivity contribution in [2.24, 2.45) is 7.05 Å². The Morgan fingerprint density at radius 1 is 0.972 bits per heavy atom. The molecule has 2 aromatic heterocycles. The van der Waals surface area contributed by atoms with Crippen LogP contribution in [0.4, 0.5) is 8.78 Å². The maximum atomic E-state index is 14.7. The maximum Gasteiger partial charge on any atom is 0.274 e. The number of hydrogen-bond acceptors (Lipinski definition) is 4. The lowest BCUT2D eigenvalue weighted by Gasteiger charge is -2.21. The number of aromatic nitrogens is 3. The van der Waals surface area contributed by atoms with Gasteiger partial charge in [-0.05, 0) is 49.6 Å². The van der Waals surface area contributed by atoms with E-state index in [9.17, 15) is 22.0 Å². The van der Waals surface area contributed by atoms with Crippen LogP contribution >= 0.6 is 0 Å². The van der Waals surface area contributed by atoms with Gasteiger partial charge in [0.15, 0.2) is 0 Å². The Kier molecular flexibility index (Phi) is 7.10. The summed E-state index contributed by atoms with van der Waals surface area (Å²) in [6.45, 7) is 6.39. The van der Waals surface area contributed by atoms with Crippen LogP contribution in [-0.2, 0) is 17.1 Å². The zero-order chi connectivity index (χ0) is 26.2. The molecular weight excluding hydrogens is 486 g/mol. The van der Waals surface area contributed by atoms with Crippen molar-refractivity contribution < 1.29 is 17.2 Å². The normalized spacial score (nSPS) is 12.1. The fourth-order valence-electron chi connectivity index (χ4n) is 4.45. The Morgan fingerprint density at radius 2 is 1.61 bits per heavy atom. The number of sulfonamides is 1. The summed E-state index contributed by atoms with van der Waals surface area (Å²) in [5.41, 5.74) is 1.95. The third-order valence-electron chi connectivity index (χ3n) is 6.12. The lowest BCUT2D eigenvalue weighted by molar-refractivity contribution is 0.410. The van der Waals surface area contributed by atoms with Crippen LogP contribution in [0.5, 0.6) is 0 Å². The van der Waals surface area contributed by atoms with Crippen molar-refractivity contribution in [2.45, 2.75) is 38.5 Å². The summed E-state index contributed by atoms with van der Waals surface area (Å²) in [4.78, 5) is 13.1. The van der Waals surface area contributed by atoms with Gasteiger partial charge in [0.1, 0.15) is 17.3 Å². The van der Waals surface area contributed by atoms with Crippen LogP contribution in [0.3, 0.4) is 0 Å². The van der Waals surface area contributed by atoms with Gasteiger partial charge in [-0.3, -0.25) is 4.79 Å². The molecule has 0 spiro atoms. The van der Waals surface area contributed by atoms with E-state index in [1.807, 2.05) is 13.8 Å². The molecule has 0 atom stereocenters. The van der Waals surface area contributed by atoms with Crippen molar-refractivity contribution >= 4 is 15.7 Å². The standard InChI is InChI=1S/C26H28F2N4O3S/c1-5-13-31(14-6-2)36(34,35)20-10-7-18(8-11-20)23-16-24(33)32-26(30(23)4)25(17(3)29-32)21-12-9-19(27)15-22(21)28/h7-12,15-16H,5-6,13-14H2,1-4H3. The molecule has 0 N–H and O–H groups in total. The van der Waals surface area contributed by atoms with Gasteiger partial charge >= 0.3 is 0 Å². The molecule has 0 bridgehead atoms. The smallest absolute Gasteiger partial charge is 0.274 e. The quantitative estimate of drug-likeness (QED) is 0.340. The monoisotopic (exact) mass is 514 g/mol. The highest BCUT2D eigenvalue weighted by Gasteiger charge is 2.24. The van der Waals surface area contributed by atoms with Gasteiger partial charge in [0, 0.05) is 37.8 Å². The molecule has 0 aliphatic carbocycles. The Balaban J connectivity index is 1.85. The summed E-state index contributed by atoms with van der Waals surface area (Å²) < 4.78 is 58.8. The zero-order valence-corrected chi connectivity index (χ0v) is 21.4. The van der Waals surface area contributed by atoms with E-state index < -0.39 is 27.2 Å². The summed E-state index contributed by atoms with van der Waals surface area (Å²) in [5.74, 6) is -1.46. The van der Waals surface area contributed by atoms with Crippen LogP contribution in [0.15, 0.2) is 58.2 Å². The number of rotatable bonds is 8. The lowest BCUT2D eigenvalue weighted by atomic mass is 10.0. The Labute approximate surface area is 208 Å². The lowest BCUT2D eigenvalue weighted by Crippen LogP contribution is -2.32. The van der Waals surface area contributed by atoms with Crippen LogP contribution in [0.25, 0.3) is 28.0 Å². The highest BCUT2D eigenvalue weighted by Crippen LogP contribution is 2.32.